The molecule has 0 bridgehead atoms. The molecule has 0 aliphatic rings. The summed E-state index contributed by atoms with van der Waals surface area (Å²) in [5.74, 6) is -0.00697. The number of hydrogen-bond acceptors (Lipinski definition) is 2. The molecule has 1 aromatic carbocycles. The summed E-state index contributed by atoms with van der Waals surface area (Å²) in [6, 6.07) is 7.94. The first-order valence-electron chi connectivity index (χ1n) is 5.62. The fourth-order valence-electron chi connectivity index (χ4n) is 1.35. The van der Waals surface area contributed by atoms with E-state index in [4.69, 9.17) is 0 Å². The Kier molecular flexibility index (Phi) is 4.71. The van der Waals surface area contributed by atoms with Crippen LogP contribution >= 0.6 is 15.9 Å². The highest BCUT2D eigenvalue weighted by molar-refractivity contribution is 9.10. The predicted octanol–water partition coefficient (Wildman–Crippen LogP) is 2.62. The number of amides is 1. The zero-order valence-electron chi connectivity index (χ0n) is 10.7. The monoisotopic (exact) mass is 298 g/mol. The van der Waals surface area contributed by atoms with Crippen LogP contribution in [-0.4, -0.2) is 18.5 Å². The van der Waals surface area contributed by atoms with Crippen LogP contribution in [0.2, 0.25) is 0 Å². The molecule has 0 aliphatic carbocycles. The Morgan fingerprint density at radius 2 is 2.06 bits per heavy atom. The largest absolute Gasteiger partial charge is 0.348 e. The van der Waals surface area contributed by atoms with Crippen LogP contribution in [0.15, 0.2) is 28.7 Å². The maximum absolute atomic E-state index is 12.0. The lowest BCUT2D eigenvalue weighted by atomic mass is 10.0. The molecule has 0 radical (unpaired) electrons. The Balaban J connectivity index is 2.73. The Labute approximate surface area is 111 Å². The van der Waals surface area contributed by atoms with Gasteiger partial charge in [0.05, 0.1) is 11.6 Å². The summed E-state index contributed by atoms with van der Waals surface area (Å²) in [5.41, 5.74) is 0.528. The zero-order chi connectivity index (χ0) is 13.1. The third-order valence-electron chi connectivity index (χ3n) is 2.89. The Morgan fingerprint density at radius 3 is 2.59 bits per heavy atom. The third kappa shape index (κ3) is 3.82. The van der Waals surface area contributed by atoms with Crippen molar-refractivity contribution in [3.05, 3.63) is 34.3 Å². The van der Waals surface area contributed by atoms with E-state index < -0.39 is 5.54 Å². The standard InChI is InChI=1S/C13H19BrN2O/c1-9(10-6-5-7-11(14)8-10)16-12(17)13(2,3)15-4/h5-9,15H,1-4H3,(H,16,17)/t9-/m0/s1. The van der Waals surface area contributed by atoms with E-state index in [2.05, 4.69) is 26.6 Å². The van der Waals surface area contributed by atoms with E-state index in [-0.39, 0.29) is 11.9 Å². The molecule has 0 saturated heterocycles. The molecule has 0 fully saturated rings. The smallest absolute Gasteiger partial charge is 0.240 e. The second-order valence-corrected chi connectivity index (χ2v) is 5.54. The van der Waals surface area contributed by atoms with Gasteiger partial charge < -0.3 is 10.6 Å². The maximum atomic E-state index is 12.0. The van der Waals surface area contributed by atoms with E-state index in [1.165, 1.54) is 0 Å². The predicted molar refractivity (Wildman–Crippen MR) is 73.8 cm³/mol. The second-order valence-electron chi connectivity index (χ2n) is 4.63. The van der Waals surface area contributed by atoms with Gasteiger partial charge in [0.1, 0.15) is 0 Å². The molecule has 94 valence electrons. The van der Waals surface area contributed by atoms with Gasteiger partial charge in [0.25, 0.3) is 0 Å². The van der Waals surface area contributed by atoms with Crippen LogP contribution in [0.5, 0.6) is 0 Å². The van der Waals surface area contributed by atoms with Crippen molar-refractivity contribution < 1.29 is 4.79 Å². The Hall–Kier alpha value is -0.870. The molecule has 17 heavy (non-hydrogen) atoms. The first kappa shape index (κ1) is 14.2. The van der Waals surface area contributed by atoms with Crippen molar-refractivity contribution in [2.45, 2.75) is 32.4 Å². The Bertz CT molecular complexity index is 404. The summed E-state index contributed by atoms with van der Waals surface area (Å²) < 4.78 is 1.02. The van der Waals surface area contributed by atoms with Crippen molar-refractivity contribution in [3.8, 4) is 0 Å². The van der Waals surface area contributed by atoms with Crippen molar-refractivity contribution in [2.24, 2.45) is 0 Å². The van der Waals surface area contributed by atoms with Crippen molar-refractivity contribution >= 4 is 21.8 Å². The highest BCUT2D eigenvalue weighted by Crippen LogP contribution is 2.18. The summed E-state index contributed by atoms with van der Waals surface area (Å²) in [7, 11) is 1.78. The molecular weight excluding hydrogens is 280 g/mol. The summed E-state index contributed by atoms with van der Waals surface area (Å²) in [6.45, 7) is 5.69. The van der Waals surface area contributed by atoms with Crippen LogP contribution in [-0.2, 0) is 4.79 Å². The molecule has 0 saturated carbocycles. The van der Waals surface area contributed by atoms with Crippen molar-refractivity contribution in [2.75, 3.05) is 7.05 Å². The second kappa shape index (κ2) is 5.65. The van der Waals surface area contributed by atoms with E-state index in [0.717, 1.165) is 10.0 Å². The molecule has 3 nitrogen and oxygen atoms in total. The van der Waals surface area contributed by atoms with Gasteiger partial charge in [-0.1, -0.05) is 28.1 Å². The summed E-state index contributed by atoms with van der Waals surface area (Å²) >= 11 is 3.42. The zero-order valence-corrected chi connectivity index (χ0v) is 12.3. The molecule has 1 aromatic rings. The molecule has 0 aromatic heterocycles. The summed E-state index contributed by atoms with van der Waals surface area (Å²) in [6.07, 6.45) is 0. The molecule has 0 spiro atoms. The van der Waals surface area contributed by atoms with Crippen LogP contribution in [0.25, 0.3) is 0 Å². The van der Waals surface area contributed by atoms with E-state index in [1.807, 2.05) is 45.0 Å². The first-order chi connectivity index (χ1) is 7.86. The van der Waals surface area contributed by atoms with Crippen molar-refractivity contribution in [3.63, 3.8) is 0 Å². The number of halogens is 1. The molecule has 0 unspecified atom stereocenters. The van der Waals surface area contributed by atoms with Crippen molar-refractivity contribution in [1.82, 2.24) is 10.6 Å². The molecule has 2 N–H and O–H groups in total. The average Bonchev–Trinajstić information content (AvgIpc) is 2.28. The number of rotatable bonds is 4. The maximum Gasteiger partial charge on any atom is 0.240 e. The van der Waals surface area contributed by atoms with Gasteiger partial charge in [-0.15, -0.1) is 0 Å². The lowest BCUT2D eigenvalue weighted by Crippen LogP contribution is -2.51. The van der Waals surface area contributed by atoms with Gasteiger partial charge in [-0.2, -0.15) is 0 Å². The van der Waals surface area contributed by atoms with Gasteiger partial charge in [-0.3, -0.25) is 4.79 Å². The van der Waals surface area contributed by atoms with Gasteiger partial charge in [-0.05, 0) is 45.5 Å². The minimum atomic E-state index is -0.555. The number of likely N-dealkylation sites (N-methyl/N-ethyl adjacent to an activating group) is 1. The Morgan fingerprint density at radius 1 is 1.41 bits per heavy atom. The number of carbonyl (C=O) groups is 1. The number of carbonyl (C=O) groups excluding carboxylic acids is 1. The van der Waals surface area contributed by atoms with Gasteiger partial charge >= 0.3 is 0 Å². The highest BCUT2D eigenvalue weighted by Gasteiger charge is 2.26. The topological polar surface area (TPSA) is 41.1 Å². The van der Waals surface area contributed by atoms with Gasteiger partial charge in [0.2, 0.25) is 5.91 Å². The summed E-state index contributed by atoms with van der Waals surface area (Å²) in [5, 5.41) is 5.98. The van der Waals surface area contributed by atoms with Crippen LogP contribution in [0.1, 0.15) is 32.4 Å². The van der Waals surface area contributed by atoms with E-state index in [9.17, 15) is 4.79 Å². The van der Waals surface area contributed by atoms with Crippen LogP contribution < -0.4 is 10.6 Å². The average molecular weight is 299 g/mol. The lowest BCUT2D eigenvalue weighted by Gasteiger charge is -2.25. The number of nitrogens with one attached hydrogen (secondary N) is 2. The molecule has 1 atom stereocenters. The third-order valence-corrected chi connectivity index (χ3v) is 3.38. The van der Waals surface area contributed by atoms with E-state index in [1.54, 1.807) is 7.05 Å². The van der Waals surface area contributed by atoms with E-state index in [0.29, 0.717) is 0 Å². The normalized spacial score (nSPS) is 13.2. The van der Waals surface area contributed by atoms with Crippen LogP contribution in [0, 0.1) is 0 Å². The fraction of sp³-hybridized carbons (Fsp3) is 0.462. The number of hydrogen-bond donors (Lipinski definition) is 2. The van der Waals surface area contributed by atoms with Crippen molar-refractivity contribution in [1.29, 1.82) is 0 Å². The molecule has 4 heteroatoms. The SMILES string of the molecule is CNC(C)(C)C(=O)N[C@@H](C)c1cccc(Br)c1. The first-order valence-corrected chi connectivity index (χ1v) is 6.41. The lowest BCUT2D eigenvalue weighted by molar-refractivity contribution is -0.126. The molecular formula is C13H19BrN2O. The minimum absolute atomic E-state index is 0.00683. The summed E-state index contributed by atoms with van der Waals surface area (Å²) in [4.78, 5) is 12.0. The minimum Gasteiger partial charge on any atom is -0.348 e. The van der Waals surface area contributed by atoms with Gasteiger partial charge in [-0.25, -0.2) is 0 Å². The fourth-order valence-corrected chi connectivity index (χ4v) is 1.77. The van der Waals surface area contributed by atoms with Gasteiger partial charge in [0.15, 0.2) is 0 Å². The molecule has 1 amide bonds. The quantitative estimate of drug-likeness (QED) is 0.897. The number of benzene rings is 1. The molecule has 0 heterocycles. The molecule has 0 aliphatic heterocycles. The highest BCUT2D eigenvalue weighted by atomic mass is 79.9. The van der Waals surface area contributed by atoms with Crippen LogP contribution in [0.4, 0.5) is 0 Å². The van der Waals surface area contributed by atoms with E-state index >= 15 is 0 Å². The molecule has 1 rings (SSSR count). The van der Waals surface area contributed by atoms with Gasteiger partial charge in [0, 0.05) is 4.47 Å². The van der Waals surface area contributed by atoms with Crippen LogP contribution in [0.3, 0.4) is 0 Å².